The molecule has 0 aliphatic carbocycles. The lowest BCUT2D eigenvalue weighted by atomic mass is 9.89. The maximum Gasteiger partial charge on any atom is 0.269 e. The van der Waals surface area contributed by atoms with Crippen LogP contribution in [0.5, 0.6) is 11.5 Å². The minimum atomic E-state index is -0.236. The molecule has 7 heteroatoms. The zero-order valence-electron chi connectivity index (χ0n) is 19.8. The van der Waals surface area contributed by atoms with Crippen molar-refractivity contribution < 1.29 is 14.3 Å². The van der Waals surface area contributed by atoms with Crippen molar-refractivity contribution in [2.24, 2.45) is 7.05 Å². The number of nitrogens with zero attached hydrogens (tertiary/aromatic N) is 1. The van der Waals surface area contributed by atoms with Gasteiger partial charge in [0.25, 0.3) is 5.91 Å². The first-order chi connectivity index (χ1) is 17.0. The van der Waals surface area contributed by atoms with Crippen molar-refractivity contribution in [2.75, 3.05) is 20.8 Å². The van der Waals surface area contributed by atoms with Gasteiger partial charge in [0.2, 0.25) is 0 Å². The summed E-state index contributed by atoms with van der Waals surface area (Å²) in [6, 6.07) is 21.6. The third-order valence-corrected chi connectivity index (χ3v) is 6.92. The van der Waals surface area contributed by atoms with Gasteiger partial charge in [0.05, 0.1) is 19.2 Å². The summed E-state index contributed by atoms with van der Waals surface area (Å²) in [7, 11) is 5.10. The zero-order chi connectivity index (χ0) is 24.5. The average Bonchev–Trinajstić information content (AvgIpc) is 3.43. The van der Waals surface area contributed by atoms with Crippen LogP contribution in [0, 0.1) is 0 Å². The number of nitrogens with one attached hydrogen (secondary N) is 2. The van der Waals surface area contributed by atoms with E-state index in [2.05, 4.69) is 16.4 Å². The number of halogens is 1. The van der Waals surface area contributed by atoms with Crippen molar-refractivity contribution in [3.8, 4) is 11.5 Å². The summed E-state index contributed by atoms with van der Waals surface area (Å²) >= 11 is 6.63. The third-order valence-electron chi connectivity index (χ3n) is 6.53. The number of H-pyrrole nitrogens is 1. The summed E-state index contributed by atoms with van der Waals surface area (Å²) in [4.78, 5) is 16.8. The molecule has 178 valence electrons. The van der Waals surface area contributed by atoms with Gasteiger partial charge in [-0.25, -0.2) is 0 Å². The number of hydrogen-bond donors (Lipinski definition) is 2. The number of amides is 1. The Morgan fingerprint density at radius 3 is 2.46 bits per heavy atom. The van der Waals surface area contributed by atoms with Gasteiger partial charge in [0.15, 0.2) is 11.5 Å². The largest absolute Gasteiger partial charge is 0.493 e. The number of rotatable bonds is 7. The molecule has 0 radical (unpaired) electrons. The summed E-state index contributed by atoms with van der Waals surface area (Å²) in [5.41, 5.74) is 4.33. The molecular formula is C28H26ClN3O3. The summed E-state index contributed by atoms with van der Waals surface area (Å²) in [5.74, 6) is 0.842. The fraction of sp³-hybridized carbons (Fsp3) is 0.179. The Morgan fingerprint density at radius 2 is 1.71 bits per heavy atom. The van der Waals surface area contributed by atoms with Gasteiger partial charge in [-0.1, -0.05) is 60.1 Å². The van der Waals surface area contributed by atoms with Gasteiger partial charge in [-0.05, 0) is 23.8 Å². The summed E-state index contributed by atoms with van der Waals surface area (Å²) < 4.78 is 13.1. The van der Waals surface area contributed by atoms with Crippen LogP contribution in [0.1, 0.15) is 27.5 Å². The minimum absolute atomic E-state index is 0.200. The molecule has 0 aliphatic rings. The van der Waals surface area contributed by atoms with Gasteiger partial charge in [0.1, 0.15) is 5.69 Å². The number of hydrogen-bond acceptors (Lipinski definition) is 3. The van der Waals surface area contributed by atoms with Gasteiger partial charge in [0, 0.05) is 53.1 Å². The molecule has 0 saturated heterocycles. The van der Waals surface area contributed by atoms with Crippen molar-refractivity contribution in [1.82, 2.24) is 14.9 Å². The van der Waals surface area contributed by atoms with Crippen LogP contribution >= 0.6 is 11.6 Å². The first kappa shape index (κ1) is 22.9. The second kappa shape index (κ2) is 9.39. The number of carbonyl (C=O) groups is 1. The van der Waals surface area contributed by atoms with Gasteiger partial charge >= 0.3 is 0 Å². The van der Waals surface area contributed by atoms with Crippen LogP contribution in [0.25, 0.3) is 21.8 Å². The number of aromatic amines is 1. The smallest absolute Gasteiger partial charge is 0.269 e. The van der Waals surface area contributed by atoms with E-state index in [1.165, 1.54) is 0 Å². The number of para-hydroxylation sites is 3. The van der Waals surface area contributed by atoms with E-state index >= 15 is 0 Å². The predicted octanol–water partition coefficient (Wildman–Crippen LogP) is 5.89. The van der Waals surface area contributed by atoms with Gasteiger partial charge in [-0.3, -0.25) is 4.79 Å². The Balaban J connectivity index is 1.56. The number of fused-ring (bicyclic) bond motifs is 2. The topological polar surface area (TPSA) is 68.3 Å². The molecule has 0 spiro atoms. The van der Waals surface area contributed by atoms with Crippen LogP contribution in [0.4, 0.5) is 0 Å². The van der Waals surface area contributed by atoms with Crippen LogP contribution in [0.15, 0.2) is 72.9 Å². The number of methoxy groups -OCH3 is 2. The number of carbonyl (C=O) groups excluding carboxylic acids is 1. The average molecular weight is 488 g/mol. The van der Waals surface area contributed by atoms with Crippen molar-refractivity contribution in [1.29, 1.82) is 0 Å². The highest BCUT2D eigenvalue weighted by molar-refractivity contribution is 6.38. The van der Waals surface area contributed by atoms with Crippen LogP contribution < -0.4 is 14.8 Å². The molecule has 2 aromatic heterocycles. The second-order valence-corrected chi connectivity index (χ2v) is 8.75. The normalized spacial score (nSPS) is 12.1. The second-order valence-electron chi connectivity index (χ2n) is 8.37. The maximum atomic E-state index is 13.4. The fourth-order valence-corrected chi connectivity index (χ4v) is 5.21. The van der Waals surface area contributed by atoms with Gasteiger partial charge in [-0.15, -0.1) is 0 Å². The first-order valence-electron chi connectivity index (χ1n) is 11.3. The molecule has 5 aromatic rings. The monoisotopic (exact) mass is 487 g/mol. The molecule has 0 fully saturated rings. The molecule has 1 amide bonds. The van der Waals surface area contributed by atoms with Crippen LogP contribution in [-0.4, -0.2) is 36.2 Å². The number of aryl methyl sites for hydroxylation is 1. The standard InChI is InChI=1S/C28H26ClN3O3/c1-32-23-13-7-5-10-19(23)25(29)26(32)28(33)31-16-21(18-11-8-14-24(34-2)27(18)35-3)20-15-30-22-12-6-4-9-17(20)22/h4-15,21,30H,16H2,1-3H3,(H,31,33). The molecule has 6 nitrogen and oxygen atoms in total. The predicted molar refractivity (Wildman–Crippen MR) is 140 cm³/mol. The van der Waals surface area contributed by atoms with Gasteiger partial charge in [-0.2, -0.15) is 0 Å². The van der Waals surface area contributed by atoms with E-state index in [9.17, 15) is 4.79 Å². The van der Waals surface area contributed by atoms with Crippen LogP contribution in [-0.2, 0) is 7.05 Å². The Labute approximate surface area is 208 Å². The van der Waals surface area contributed by atoms with Crippen LogP contribution in [0.2, 0.25) is 5.02 Å². The molecule has 2 N–H and O–H groups in total. The fourth-order valence-electron chi connectivity index (χ4n) is 4.83. The van der Waals surface area contributed by atoms with E-state index in [0.29, 0.717) is 28.8 Å². The molecular weight excluding hydrogens is 462 g/mol. The number of aromatic nitrogens is 2. The molecule has 5 rings (SSSR count). The van der Waals surface area contributed by atoms with Crippen LogP contribution in [0.3, 0.4) is 0 Å². The first-order valence-corrected chi connectivity index (χ1v) is 11.7. The highest BCUT2D eigenvalue weighted by atomic mass is 35.5. The van der Waals surface area contributed by atoms with E-state index in [1.807, 2.05) is 78.5 Å². The molecule has 0 aliphatic heterocycles. The summed E-state index contributed by atoms with van der Waals surface area (Å²) in [5, 5.41) is 5.51. The Bertz CT molecular complexity index is 1500. The molecule has 2 heterocycles. The quantitative estimate of drug-likeness (QED) is 0.300. The van der Waals surface area contributed by atoms with Crippen molar-refractivity contribution in [3.63, 3.8) is 0 Å². The maximum absolute atomic E-state index is 13.4. The van der Waals surface area contributed by atoms with E-state index in [1.54, 1.807) is 14.2 Å². The lowest BCUT2D eigenvalue weighted by Gasteiger charge is -2.22. The molecule has 1 unspecified atom stereocenters. The van der Waals surface area contributed by atoms with E-state index < -0.39 is 0 Å². The van der Waals surface area contributed by atoms with Crippen molar-refractivity contribution in [2.45, 2.75) is 5.92 Å². The highest BCUT2D eigenvalue weighted by Crippen LogP contribution is 2.40. The van der Waals surface area contributed by atoms with E-state index in [-0.39, 0.29) is 11.8 Å². The van der Waals surface area contributed by atoms with Gasteiger partial charge < -0.3 is 24.3 Å². The summed E-state index contributed by atoms with van der Waals surface area (Å²) in [6.45, 7) is 0.335. The van der Waals surface area contributed by atoms with Crippen molar-refractivity contribution >= 4 is 39.3 Å². The SMILES string of the molecule is COc1cccc(C(CNC(=O)c2c(Cl)c3ccccc3n2C)c2c[nH]c3ccccc23)c1OC. The Kier molecular flexibility index (Phi) is 6.14. The number of benzene rings is 3. The minimum Gasteiger partial charge on any atom is -0.493 e. The molecule has 0 bridgehead atoms. The Morgan fingerprint density at radius 1 is 0.971 bits per heavy atom. The molecule has 0 saturated carbocycles. The lowest BCUT2D eigenvalue weighted by molar-refractivity contribution is 0.0945. The molecule has 1 atom stereocenters. The molecule has 3 aromatic carbocycles. The van der Waals surface area contributed by atoms with E-state index in [0.717, 1.165) is 32.9 Å². The van der Waals surface area contributed by atoms with E-state index in [4.69, 9.17) is 21.1 Å². The third kappa shape index (κ3) is 3.90. The number of ether oxygens (including phenoxy) is 2. The Hall–Kier alpha value is -3.90. The lowest BCUT2D eigenvalue weighted by Crippen LogP contribution is -2.30. The summed E-state index contributed by atoms with van der Waals surface area (Å²) in [6.07, 6.45) is 1.99. The van der Waals surface area contributed by atoms with Crippen molar-refractivity contribution in [3.05, 3.63) is 94.8 Å². The molecule has 35 heavy (non-hydrogen) atoms. The highest BCUT2D eigenvalue weighted by Gasteiger charge is 2.26. The zero-order valence-corrected chi connectivity index (χ0v) is 20.5.